The van der Waals surface area contributed by atoms with E-state index in [4.69, 9.17) is 35.9 Å². The summed E-state index contributed by atoms with van der Waals surface area (Å²) in [6.45, 7) is 2.19. The number of carboxylic acids is 2. The van der Waals surface area contributed by atoms with E-state index < -0.39 is 23.7 Å². The number of rotatable bonds is 4. The topological polar surface area (TPSA) is 117 Å². The first-order chi connectivity index (χ1) is 15.5. The number of aromatic nitrogens is 2. The molecule has 8 nitrogen and oxygen atoms in total. The SMILES string of the molecule is FC(F)(F)c1cccc(-c2noc(C3CN(Cc4ccccc4Cl)C3)n2)c1.O=C(O)C(=O)O. The van der Waals surface area contributed by atoms with Gasteiger partial charge in [0.15, 0.2) is 0 Å². The molecule has 2 N–H and O–H groups in total. The molecule has 2 aromatic carbocycles. The van der Waals surface area contributed by atoms with E-state index in [0.29, 0.717) is 5.89 Å². The van der Waals surface area contributed by atoms with Gasteiger partial charge in [0.2, 0.25) is 11.7 Å². The van der Waals surface area contributed by atoms with E-state index in [0.717, 1.165) is 42.4 Å². The largest absolute Gasteiger partial charge is 0.473 e. The number of alkyl halides is 3. The quantitative estimate of drug-likeness (QED) is 0.531. The van der Waals surface area contributed by atoms with E-state index in [-0.39, 0.29) is 17.3 Å². The van der Waals surface area contributed by atoms with E-state index in [1.54, 1.807) is 0 Å². The highest BCUT2D eigenvalue weighted by Gasteiger charge is 2.34. The molecule has 0 bridgehead atoms. The maximum absolute atomic E-state index is 12.9. The molecule has 0 aliphatic carbocycles. The molecule has 4 rings (SSSR count). The summed E-state index contributed by atoms with van der Waals surface area (Å²) in [7, 11) is 0. The van der Waals surface area contributed by atoms with Gasteiger partial charge in [-0.25, -0.2) is 9.59 Å². The maximum atomic E-state index is 12.9. The zero-order chi connectivity index (χ0) is 24.2. The van der Waals surface area contributed by atoms with Crippen molar-refractivity contribution >= 4 is 23.5 Å². The van der Waals surface area contributed by atoms with Gasteiger partial charge < -0.3 is 14.7 Å². The Morgan fingerprint density at radius 3 is 2.36 bits per heavy atom. The lowest BCUT2D eigenvalue weighted by Crippen LogP contribution is -2.44. The van der Waals surface area contributed by atoms with E-state index >= 15 is 0 Å². The van der Waals surface area contributed by atoms with Crippen LogP contribution in [0.25, 0.3) is 11.4 Å². The lowest BCUT2D eigenvalue weighted by molar-refractivity contribution is -0.159. The smallest absolute Gasteiger partial charge is 0.416 e. The molecule has 3 aromatic rings. The van der Waals surface area contributed by atoms with Crippen molar-refractivity contribution in [2.75, 3.05) is 13.1 Å². The minimum atomic E-state index is -4.41. The van der Waals surface area contributed by atoms with E-state index in [9.17, 15) is 13.2 Å². The van der Waals surface area contributed by atoms with Crippen molar-refractivity contribution in [2.45, 2.75) is 18.6 Å². The fourth-order valence-corrected chi connectivity index (χ4v) is 3.27. The standard InChI is InChI=1S/C19H15ClF3N3O.C2H2O4/c20-16-7-2-1-4-13(16)9-26-10-14(11-26)18-24-17(25-27-18)12-5-3-6-15(8-12)19(21,22)23;3-1(4)2(5)6/h1-8,14H,9-11H2;(H,3,4)(H,5,6). The molecule has 0 amide bonds. The molecule has 0 atom stereocenters. The minimum Gasteiger partial charge on any atom is -0.473 e. The molecule has 0 spiro atoms. The predicted molar refractivity (Wildman–Crippen MR) is 109 cm³/mol. The summed E-state index contributed by atoms with van der Waals surface area (Å²) in [5, 5.41) is 19.4. The van der Waals surface area contributed by atoms with Gasteiger partial charge in [0.25, 0.3) is 0 Å². The van der Waals surface area contributed by atoms with E-state index in [1.807, 2.05) is 24.3 Å². The van der Waals surface area contributed by atoms with Gasteiger partial charge in [-0.2, -0.15) is 18.2 Å². The molecule has 1 aromatic heterocycles. The van der Waals surface area contributed by atoms with E-state index in [1.165, 1.54) is 12.1 Å². The molecule has 12 heteroatoms. The molecule has 1 aliphatic rings. The summed E-state index contributed by atoms with van der Waals surface area (Å²) >= 11 is 6.17. The summed E-state index contributed by atoms with van der Waals surface area (Å²) in [5.74, 6) is -2.97. The van der Waals surface area contributed by atoms with Gasteiger partial charge in [-0.15, -0.1) is 0 Å². The predicted octanol–water partition coefficient (Wildman–Crippen LogP) is 4.16. The highest BCUT2D eigenvalue weighted by atomic mass is 35.5. The van der Waals surface area contributed by atoms with Crippen LogP contribution in [0.15, 0.2) is 53.1 Å². The molecular weight excluding hydrogens is 467 g/mol. The number of carboxylic acid groups (broad SMARTS) is 2. The number of halogens is 4. The van der Waals surface area contributed by atoms with Crippen molar-refractivity contribution in [2.24, 2.45) is 0 Å². The lowest BCUT2D eigenvalue weighted by Gasteiger charge is -2.37. The number of likely N-dealkylation sites (tertiary alicyclic amines) is 1. The molecule has 1 aliphatic heterocycles. The van der Waals surface area contributed by atoms with Crippen molar-refractivity contribution in [1.82, 2.24) is 15.0 Å². The van der Waals surface area contributed by atoms with Crippen LogP contribution in [0, 0.1) is 0 Å². The Morgan fingerprint density at radius 1 is 1.09 bits per heavy atom. The second-order valence-corrected chi connectivity index (χ2v) is 7.53. The van der Waals surface area contributed by atoms with Crippen LogP contribution in [0.4, 0.5) is 13.2 Å². The van der Waals surface area contributed by atoms with Crippen molar-refractivity contribution in [3.8, 4) is 11.4 Å². The Labute approximate surface area is 190 Å². The van der Waals surface area contributed by atoms with Gasteiger partial charge in [-0.05, 0) is 23.8 Å². The molecule has 174 valence electrons. The first kappa shape index (κ1) is 24.2. The minimum absolute atomic E-state index is 0.0690. The zero-order valence-electron chi connectivity index (χ0n) is 16.8. The number of hydrogen-bond acceptors (Lipinski definition) is 6. The van der Waals surface area contributed by atoms with Gasteiger partial charge in [-0.1, -0.05) is 47.1 Å². The van der Waals surface area contributed by atoms with Crippen molar-refractivity contribution < 1.29 is 37.5 Å². The third-order valence-electron chi connectivity index (χ3n) is 4.73. The van der Waals surface area contributed by atoms with Gasteiger partial charge in [0.1, 0.15) is 0 Å². The number of aliphatic carboxylic acids is 2. The normalized spacial score (nSPS) is 14.2. The van der Waals surface area contributed by atoms with Crippen LogP contribution >= 0.6 is 11.6 Å². The summed E-state index contributed by atoms with van der Waals surface area (Å²) in [5.41, 5.74) is 0.598. The molecule has 1 saturated heterocycles. The molecule has 0 unspecified atom stereocenters. The van der Waals surface area contributed by atoms with E-state index in [2.05, 4.69) is 15.0 Å². The first-order valence-corrected chi connectivity index (χ1v) is 9.85. The summed E-state index contributed by atoms with van der Waals surface area (Å²) < 4.78 is 43.8. The summed E-state index contributed by atoms with van der Waals surface area (Å²) in [4.78, 5) is 24.7. The monoisotopic (exact) mass is 483 g/mol. The third kappa shape index (κ3) is 6.30. The Hall–Kier alpha value is -3.44. The fraction of sp³-hybridized carbons (Fsp3) is 0.238. The van der Waals surface area contributed by atoms with Gasteiger partial charge in [0, 0.05) is 30.2 Å². The molecule has 0 saturated carbocycles. The maximum Gasteiger partial charge on any atom is 0.416 e. The Morgan fingerprint density at radius 2 is 1.76 bits per heavy atom. The van der Waals surface area contributed by atoms with Crippen molar-refractivity contribution in [3.05, 3.63) is 70.6 Å². The fourth-order valence-electron chi connectivity index (χ4n) is 3.08. The molecule has 0 radical (unpaired) electrons. The Bertz CT molecular complexity index is 1130. The van der Waals surface area contributed by atoms with Gasteiger partial charge in [0.05, 0.1) is 11.5 Å². The van der Waals surface area contributed by atoms with Crippen molar-refractivity contribution in [1.29, 1.82) is 0 Å². The average Bonchev–Trinajstić information content (AvgIpc) is 3.21. The van der Waals surface area contributed by atoms with Crippen molar-refractivity contribution in [3.63, 3.8) is 0 Å². The molecule has 2 heterocycles. The number of benzene rings is 2. The average molecular weight is 484 g/mol. The van der Waals surface area contributed by atoms with Crippen LogP contribution in [0.2, 0.25) is 5.02 Å². The van der Waals surface area contributed by atoms with Crippen LogP contribution in [-0.4, -0.2) is 50.3 Å². The number of nitrogens with zero attached hydrogens (tertiary/aromatic N) is 3. The van der Waals surface area contributed by atoms with Crippen LogP contribution in [0.3, 0.4) is 0 Å². The summed E-state index contributed by atoms with van der Waals surface area (Å²) in [6, 6.07) is 12.6. The number of carbonyl (C=O) groups is 2. The van der Waals surface area contributed by atoms with Crippen LogP contribution < -0.4 is 0 Å². The van der Waals surface area contributed by atoms with Crippen LogP contribution in [0.1, 0.15) is 22.9 Å². The second-order valence-electron chi connectivity index (χ2n) is 7.13. The Balaban J connectivity index is 0.000000454. The molecule has 33 heavy (non-hydrogen) atoms. The highest BCUT2D eigenvalue weighted by molar-refractivity contribution is 6.31. The molecule has 1 fully saturated rings. The van der Waals surface area contributed by atoms with Crippen LogP contribution in [-0.2, 0) is 22.3 Å². The number of hydrogen-bond donors (Lipinski definition) is 2. The lowest BCUT2D eigenvalue weighted by atomic mass is 9.99. The first-order valence-electron chi connectivity index (χ1n) is 9.48. The van der Waals surface area contributed by atoms with Gasteiger partial charge >= 0.3 is 18.1 Å². The second kappa shape index (κ2) is 10.0. The zero-order valence-corrected chi connectivity index (χ0v) is 17.5. The van der Waals surface area contributed by atoms with Gasteiger partial charge in [-0.3, -0.25) is 4.90 Å². The third-order valence-corrected chi connectivity index (χ3v) is 5.10. The van der Waals surface area contributed by atoms with Crippen LogP contribution in [0.5, 0.6) is 0 Å². The summed E-state index contributed by atoms with van der Waals surface area (Å²) in [6.07, 6.45) is -4.41. The molecular formula is C21H17ClF3N3O5. The highest BCUT2D eigenvalue weighted by Crippen LogP contribution is 2.33. The Kier molecular flexibility index (Phi) is 7.34.